The summed E-state index contributed by atoms with van der Waals surface area (Å²) in [6.07, 6.45) is 5.59. The molecule has 0 radical (unpaired) electrons. The van der Waals surface area contributed by atoms with Crippen molar-refractivity contribution < 1.29 is 52.5 Å². The van der Waals surface area contributed by atoms with Crippen molar-refractivity contribution >= 4 is 24.4 Å². The number of esters is 2. The maximum Gasteiger partial charge on any atom is 0.330 e. The first kappa shape index (κ1) is 37.5. The Morgan fingerprint density at radius 2 is 1.57 bits per heavy atom. The van der Waals surface area contributed by atoms with Crippen molar-refractivity contribution in [3.63, 3.8) is 0 Å². The molecule has 3 aromatic rings. The van der Waals surface area contributed by atoms with Crippen molar-refractivity contribution in [2.24, 2.45) is 16.1 Å². The van der Waals surface area contributed by atoms with Crippen LogP contribution in [0, 0.1) is 11.7 Å². The van der Waals surface area contributed by atoms with Crippen LogP contribution in [0.3, 0.4) is 0 Å². The van der Waals surface area contributed by atoms with E-state index in [1.54, 1.807) is 61.7 Å². The fraction of sp³-hybridized carbons (Fsp3) is 0.368. The molecule has 5 rings (SSSR count). The standard InChI is InChI=1S/C38H41FN2O10/c1-3-34(42)47-19-7-5-4-6-18-46-28-15-11-27(12-16-28)35(51-44)30-17-10-26(20-32(30)39)22-41-40-21-25-8-13-29(14-9-25)50-38(43)31-23-48-37-33(45-2)24-49-36(31)37/h3,8-17,20-22,31,33,35-37,44H,1,4-7,18-19,23-24H2,2H3. The third-order valence-corrected chi connectivity index (χ3v) is 8.51. The number of carbonyl (C=O) groups is 2. The van der Waals surface area contributed by atoms with Crippen LogP contribution in [0.1, 0.15) is 54.0 Å². The number of fused-ring (bicyclic) bond motifs is 1. The van der Waals surface area contributed by atoms with Crippen molar-refractivity contribution in [2.45, 2.75) is 50.1 Å². The van der Waals surface area contributed by atoms with Gasteiger partial charge >= 0.3 is 11.9 Å². The second kappa shape index (κ2) is 19.0. The fourth-order valence-corrected chi connectivity index (χ4v) is 5.73. The topological polar surface area (TPSA) is 144 Å². The minimum absolute atomic E-state index is 0.140. The summed E-state index contributed by atoms with van der Waals surface area (Å²) in [6, 6.07) is 18.0. The van der Waals surface area contributed by atoms with Gasteiger partial charge in [0.05, 0.1) is 38.9 Å². The van der Waals surface area contributed by atoms with Crippen LogP contribution in [0.15, 0.2) is 89.6 Å². The fourth-order valence-electron chi connectivity index (χ4n) is 5.73. The zero-order valence-corrected chi connectivity index (χ0v) is 28.2. The maximum atomic E-state index is 15.1. The summed E-state index contributed by atoms with van der Waals surface area (Å²) in [4.78, 5) is 28.4. The number of hydrogen-bond donors (Lipinski definition) is 1. The van der Waals surface area contributed by atoms with Crippen LogP contribution in [-0.2, 0) is 33.4 Å². The molecule has 2 saturated heterocycles. The zero-order valence-electron chi connectivity index (χ0n) is 28.2. The van der Waals surface area contributed by atoms with Crippen molar-refractivity contribution in [1.82, 2.24) is 0 Å². The number of nitrogens with zero attached hydrogens (tertiary/aromatic N) is 2. The Balaban J connectivity index is 1.06. The molecule has 2 fully saturated rings. The van der Waals surface area contributed by atoms with Gasteiger partial charge in [-0.3, -0.25) is 10.1 Å². The molecule has 0 aliphatic carbocycles. The molecule has 0 bridgehead atoms. The Hall–Kier alpha value is -4.79. The smallest absolute Gasteiger partial charge is 0.330 e. The van der Waals surface area contributed by atoms with Crippen LogP contribution in [0.4, 0.5) is 4.39 Å². The molecule has 5 unspecified atom stereocenters. The van der Waals surface area contributed by atoms with E-state index >= 15 is 4.39 Å². The number of benzene rings is 3. The first-order valence-electron chi connectivity index (χ1n) is 16.7. The van der Waals surface area contributed by atoms with Gasteiger partial charge in [-0.2, -0.15) is 10.2 Å². The molecule has 2 aliphatic rings. The Morgan fingerprint density at radius 3 is 2.25 bits per heavy atom. The Kier molecular flexibility index (Phi) is 14.0. The molecule has 0 spiro atoms. The summed E-state index contributed by atoms with van der Waals surface area (Å²) in [6.45, 7) is 4.84. The van der Waals surface area contributed by atoms with E-state index < -0.39 is 29.8 Å². The molecule has 5 atom stereocenters. The molecular formula is C38H41FN2O10. The van der Waals surface area contributed by atoms with Gasteiger partial charge in [-0.1, -0.05) is 30.8 Å². The summed E-state index contributed by atoms with van der Waals surface area (Å²) < 4.78 is 48.2. The number of hydrogen-bond acceptors (Lipinski definition) is 12. The van der Waals surface area contributed by atoms with Crippen molar-refractivity contribution in [2.75, 3.05) is 33.5 Å². The van der Waals surface area contributed by atoms with Crippen LogP contribution in [0.2, 0.25) is 0 Å². The van der Waals surface area contributed by atoms with E-state index in [4.69, 9.17) is 28.4 Å². The second-order valence-electron chi connectivity index (χ2n) is 11.9. The molecule has 13 heteroatoms. The molecule has 51 heavy (non-hydrogen) atoms. The molecule has 0 aromatic heterocycles. The number of halogens is 1. The first-order valence-corrected chi connectivity index (χ1v) is 16.7. The maximum absolute atomic E-state index is 15.1. The molecule has 270 valence electrons. The van der Waals surface area contributed by atoms with Crippen LogP contribution in [0.25, 0.3) is 0 Å². The predicted molar refractivity (Wildman–Crippen MR) is 185 cm³/mol. The van der Waals surface area contributed by atoms with Crippen molar-refractivity contribution in [1.29, 1.82) is 0 Å². The van der Waals surface area contributed by atoms with Crippen molar-refractivity contribution in [3.05, 3.63) is 107 Å². The van der Waals surface area contributed by atoms with E-state index in [1.165, 1.54) is 24.6 Å². The molecule has 1 N–H and O–H groups in total. The monoisotopic (exact) mass is 704 g/mol. The van der Waals surface area contributed by atoms with Gasteiger partial charge in [-0.25, -0.2) is 14.1 Å². The first-order chi connectivity index (χ1) is 24.9. The van der Waals surface area contributed by atoms with Gasteiger partial charge in [0.2, 0.25) is 0 Å². The quantitative estimate of drug-likeness (QED) is 0.0325. The minimum atomic E-state index is -1.05. The number of unbranched alkanes of at least 4 members (excludes halogenated alkanes) is 3. The van der Waals surface area contributed by atoms with E-state index in [0.29, 0.717) is 48.0 Å². The highest BCUT2D eigenvalue weighted by Gasteiger charge is 2.51. The van der Waals surface area contributed by atoms with Crippen LogP contribution in [0.5, 0.6) is 11.5 Å². The molecule has 0 saturated carbocycles. The third kappa shape index (κ3) is 10.4. The molecule has 12 nitrogen and oxygen atoms in total. The molecule has 2 aliphatic heterocycles. The van der Waals surface area contributed by atoms with Crippen LogP contribution in [-0.4, -0.2) is 81.5 Å². The summed E-state index contributed by atoms with van der Waals surface area (Å²) in [7, 11) is 1.59. The normalized spacial score (nSPS) is 20.4. The van der Waals surface area contributed by atoms with Crippen molar-refractivity contribution in [3.8, 4) is 11.5 Å². The predicted octanol–water partition coefficient (Wildman–Crippen LogP) is 5.86. The average Bonchev–Trinajstić information content (AvgIpc) is 3.76. The second-order valence-corrected chi connectivity index (χ2v) is 11.9. The van der Waals surface area contributed by atoms with Crippen LogP contribution >= 0.6 is 0 Å². The Labute approximate surface area is 295 Å². The van der Waals surface area contributed by atoms with Gasteiger partial charge in [-0.15, -0.1) is 0 Å². The summed E-state index contributed by atoms with van der Waals surface area (Å²) in [5, 5.41) is 17.7. The lowest BCUT2D eigenvalue weighted by molar-refractivity contribution is -0.271. The lowest BCUT2D eigenvalue weighted by atomic mass is 9.99. The van der Waals surface area contributed by atoms with Gasteiger partial charge < -0.3 is 28.4 Å². The molecule has 2 heterocycles. The lowest BCUT2D eigenvalue weighted by Gasteiger charge is -2.16. The number of rotatable bonds is 18. The van der Waals surface area contributed by atoms with E-state index in [9.17, 15) is 14.8 Å². The summed E-state index contributed by atoms with van der Waals surface area (Å²) in [5.41, 5.74) is 1.84. The summed E-state index contributed by atoms with van der Waals surface area (Å²) >= 11 is 0. The third-order valence-electron chi connectivity index (χ3n) is 8.51. The molecule has 3 aromatic carbocycles. The number of ether oxygens (including phenoxy) is 6. The SMILES string of the molecule is C=CC(=O)OCCCCCCOc1ccc(C(OO)c2ccc(C=NN=Cc3ccc(OC(=O)C4COC5C(OC)COC45)cc3)cc2F)cc1. The summed E-state index contributed by atoms with van der Waals surface area (Å²) in [5.74, 6) is -0.950. The highest BCUT2D eigenvalue weighted by molar-refractivity contribution is 5.83. The van der Waals surface area contributed by atoms with Gasteiger partial charge in [-0.05, 0) is 84.8 Å². The number of methoxy groups -OCH3 is 1. The zero-order chi connectivity index (χ0) is 36.0. The minimum Gasteiger partial charge on any atom is -0.494 e. The average molecular weight is 705 g/mol. The van der Waals surface area contributed by atoms with Gasteiger partial charge in [0.25, 0.3) is 0 Å². The lowest BCUT2D eigenvalue weighted by Crippen LogP contribution is -2.34. The van der Waals surface area contributed by atoms with E-state index in [1.807, 2.05) is 0 Å². The van der Waals surface area contributed by atoms with Crippen LogP contribution < -0.4 is 9.47 Å². The highest BCUT2D eigenvalue weighted by atomic mass is 19.1. The Bertz CT molecular complexity index is 1660. The van der Waals surface area contributed by atoms with Gasteiger partial charge in [0.15, 0.2) is 0 Å². The Morgan fingerprint density at radius 1 is 0.902 bits per heavy atom. The largest absolute Gasteiger partial charge is 0.494 e. The van der Waals surface area contributed by atoms with Gasteiger partial charge in [0.1, 0.15) is 47.7 Å². The molecular weight excluding hydrogens is 663 g/mol. The van der Waals surface area contributed by atoms with Gasteiger partial charge in [0, 0.05) is 18.7 Å². The van der Waals surface area contributed by atoms with E-state index in [0.717, 1.165) is 31.8 Å². The van der Waals surface area contributed by atoms with E-state index in [-0.39, 0.29) is 30.5 Å². The number of carbonyl (C=O) groups excluding carboxylic acids is 2. The van der Waals surface area contributed by atoms with E-state index in [2.05, 4.69) is 21.7 Å². The highest BCUT2D eigenvalue weighted by Crippen LogP contribution is 2.33. The molecule has 0 amide bonds.